The van der Waals surface area contributed by atoms with Crippen LogP contribution >= 0.6 is 0 Å². The summed E-state index contributed by atoms with van der Waals surface area (Å²) in [5.74, 6) is -0.224. The van der Waals surface area contributed by atoms with Crippen molar-refractivity contribution >= 4 is 29.1 Å². The second-order valence-electron chi connectivity index (χ2n) is 7.29. The van der Waals surface area contributed by atoms with Gasteiger partial charge in [0.05, 0.1) is 5.92 Å². The molecule has 2 aliphatic heterocycles. The molecular weight excluding hydrogens is 318 g/mol. The summed E-state index contributed by atoms with van der Waals surface area (Å²) in [6.45, 7) is 0.538. The quantitative estimate of drug-likeness (QED) is 0.885. The molecule has 25 heavy (non-hydrogen) atoms. The summed E-state index contributed by atoms with van der Waals surface area (Å²) in [6, 6.07) is 5.87. The third kappa shape index (κ3) is 3.25. The molecule has 0 aromatic heterocycles. The van der Waals surface area contributed by atoms with Crippen LogP contribution in [0.25, 0.3) is 0 Å². The van der Waals surface area contributed by atoms with Crippen LogP contribution in [0.1, 0.15) is 44.1 Å². The first-order valence-corrected chi connectivity index (χ1v) is 9.13. The Morgan fingerprint density at radius 1 is 1.16 bits per heavy atom. The van der Waals surface area contributed by atoms with Gasteiger partial charge in [-0.1, -0.05) is 12.8 Å². The highest BCUT2D eigenvalue weighted by atomic mass is 16.2. The van der Waals surface area contributed by atoms with Gasteiger partial charge in [0.15, 0.2) is 0 Å². The van der Waals surface area contributed by atoms with Gasteiger partial charge in [-0.25, -0.2) is 0 Å². The maximum Gasteiger partial charge on any atom is 0.229 e. The Morgan fingerprint density at radius 2 is 1.96 bits per heavy atom. The Balaban J connectivity index is 1.40. The van der Waals surface area contributed by atoms with Crippen LogP contribution in [0.2, 0.25) is 0 Å². The van der Waals surface area contributed by atoms with Gasteiger partial charge in [0, 0.05) is 36.8 Å². The lowest BCUT2D eigenvalue weighted by molar-refractivity contribution is -0.130. The van der Waals surface area contributed by atoms with Gasteiger partial charge in [-0.3, -0.25) is 14.4 Å². The largest absolute Gasteiger partial charge is 0.339 e. The minimum Gasteiger partial charge on any atom is -0.339 e. The van der Waals surface area contributed by atoms with Crippen LogP contribution < -0.4 is 10.6 Å². The molecule has 0 spiro atoms. The molecular formula is C19H23N3O3. The maximum atomic E-state index is 12.6. The molecule has 6 nitrogen and oxygen atoms in total. The molecule has 1 unspecified atom stereocenters. The lowest BCUT2D eigenvalue weighted by Crippen LogP contribution is -2.35. The molecule has 1 atom stereocenters. The first-order chi connectivity index (χ1) is 12.1. The van der Waals surface area contributed by atoms with Crippen molar-refractivity contribution in [2.24, 2.45) is 5.92 Å². The van der Waals surface area contributed by atoms with Gasteiger partial charge in [0.1, 0.15) is 0 Å². The number of nitrogens with zero attached hydrogens (tertiary/aromatic N) is 1. The van der Waals surface area contributed by atoms with Crippen molar-refractivity contribution in [3.63, 3.8) is 0 Å². The molecule has 2 N–H and O–H groups in total. The van der Waals surface area contributed by atoms with Gasteiger partial charge in [0.25, 0.3) is 0 Å². The lowest BCUT2D eigenvalue weighted by Gasteiger charge is -2.24. The van der Waals surface area contributed by atoms with Crippen LogP contribution in [0.5, 0.6) is 0 Å². The molecule has 132 valence electrons. The average molecular weight is 341 g/mol. The molecule has 2 fully saturated rings. The Hall–Kier alpha value is -2.37. The van der Waals surface area contributed by atoms with Gasteiger partial charge in [-0.05, 0) is 43.0 Å². The van der Waals surface area contributed by atoms with E-state index in [1.807, 2.05) is 17.0 Å². The highest BCUT2D eigenvalue weighted by Crippen LogP contribution is 2.30. The van der Waals surface area contributed by atoms with Crippen molar-refractivity contribution in [1.82, 2.24) is 4.90 Å². The summed E-state index contributed by atoms with van der Waals surface area (Å²) in [5.41, 5.74) is 2.58. The fourth-order valence-electron chi connectivity index (χ4n) is 4.18. The standard InChI is InChI=1S/C19H23N3O3/c23-17-8-5-12-9-14(6-7-16(12)21-17)20-19(25)13-10-18(24)22(11-13)15-3-1-2-4-15/h6-7,9,13,15H,1-5,8,10-11H2,(H,20,25)(H,21,23). The lowest BCUT2D eigenvalue weighted by atomic mass is 10.0. The average Bonchev–Trinajstić information content (AvgIpc) is 3.24. The third-order valence-electron chi connectivity index (χ3n) is 5.56. The van der Waals surface area contributed by atoms with E-state index in [-0.39, 0.29) is 23.6 Å². The summed E-state index contributed by atoms with van der Waals surface area (Å²) in [5, 5.41) is 5.78. The van der Waals surface area contributed by atoms with Crippen molar-refractivity contribution in [2.45, 2.75) is 51.0 Å². The Kier molecular flexibility index (Phi) is 4.19. The molecule has 6 heteroatoms. The molecule has 3 amide bonds. The summed E-state index contributed by atoms with van der Waals surface area (Å²) in [4.78, 5) is 38.2. The van der Waals surface area contributed by atoms with Crippen LogP contribution in [0.15, 0.2) is 18.2 Å². The van der Waals surface area contributed by atoms with Gasteiger partial charge in [0.2, 0.25) is 17.7 Å². The predicted octanol–water partition coefficient (Wildman–Crippen LogP) is 2.30. The molecule has 1 aromatic rings. The topological polar surface area (TPSA) is 78.5 Å². The van der Waals surface area contributed by atoms with E-state index in [1.54, 1.807) is 6.07 Å². The van der Waals surface area contributed by atoms with E-state index in [1.165, 1.54) is 12.8 Å². The molecule has 1 aromatic carbocycles. The number of aryl methyl sites for hydroxylation is 1. The summed E-state index contributed by atoms with van der Waals surface area (Å²) in [6.07, 6.45) is 5.95. The SMILES string of the molecule is O=C1CCc2cc(NC(=O)C3CC(=O)N(C4CCCC4)C3)ccc2N1. The van der Waals surface area contributed by atoms with Gasteiger partial charge in [-0.2, -0.15) is 0 Å². The van der Waals surface area contributed by atoms with Crippen LogP contribution in [0, 0.1) is 5.92 Å². The second kappa shape index (κ2) is 6.50. The van der Waals surface area contributed by atoms with Crippen molar-refractivity contribution in [2.75, 3.05) is 17.2 Å². The first kappa shape index (κ1) is 16.1. The molecule has 0 radical (unpaired) electrons. The fraction of sp³-hybridized carbons (Fsp3) is 0.526. The number of anilines is 2. The minimum absolute atomic E-state index is 0.0285. The molecule has 0 bridgehead atoms. The second-order valence-corrected chi connectivity index (χ2v) is 7.29. The molecule has 1 saturated carbocycles. The smallest absolute Gasteiger partial charge is 0.229 e. The van der Waals surface area contributed by atoms with E-state index in [0.717, 1.165) is 29.8 Å². The predicted molar refractivity (Wildman–Crippen MR) is 94.1 cm³/mol. The zero-order valence-corrected chi connectivity index (χ0v) is 14.2. The summed E-state index contributed by atoms with van der Waals surface area (Å²) < 4.78 is 0. The first-order valence-electron chi connectivity index (χ1n) is 9.13. The molecule has 3 aliphatic rings. The highest BCUT2D eigenvalue weighted by Gasteiger charge is 2.38. The van der Waals surface area contributed by atoms with E-state index in [0.29, 0.717) is 31.8 Å². The Morgan fingerprint density at radius 3 is 2.76 bits per heavy atom. The van der Waals surface area contributed by atoms with E-state index < -0.39 is 0 Å². The number of nitrogens with one attached hydrogen (secondary N) is 2. The van der Waals surface area contributed by atoms with Crippen LogP contribution in [0.4, 0.5) is 11.4 Å². The van der Waals surface area contributed by atoms with E-state index in [2.05, 4.69) is 10.6 Å². The highest BCUT2D eigenvalue weighted by molar-refractivity contribution is 5.98. The van der Waals surface area contributed by atoms with Gasteiger partial charge >= 0.3 is 0 Å². The number of fused-ring (bicyclic) bond motifs is 1. The van der Waals surface area contributed by atoms with E-state index >= 15 is 0 Å². The normalized spacial score (nSPS) is 23.5. The number of benzene rings is 1. The fourth-order valence-corrected chi connectivity index (χ4v) is 4.18. The van der Waals surface area contributed by atoms with Crippen LogP contribution in [-0.2, 0) is 20.8 Å². The van der Waals surface area contributed by atoms with Crippen LogP contribution in [-0.4, -0.2) is 35.2 Å². The zero-order valence-electron chi connectivity index (χ0n) is 14.2. The Bertz CT molecular complexity index is 725. The van der Waals surface area contributed by atoms with Crippen molar-refractivity contribution < 1.29 is 14.4 Å². The monoisotopic (exact) mass is 341 g/mol. The maximum absolute atomic E-state index is 12.6. The van der Waals surface area contributed by atoms with Crippen molar-refractivity contribution in [3.8, 4) is 0 Å². The number of carbonyl (C=O) groups excluding carboxylic acids is 3. The van der Waals surface area contributed by atoms with Gasteiger partial charge in [-0.15, -0.1) is 0 Å². The zero-order chi connectivity index (χ0) is 17.4. The molecule has 2 heterocycles. The number of amides is 3. The number of hydrogen-bond donors (Lipinski definition) is 2. The van der Waals surface area contributed by atoms with Gasteiger partial charge < -0.3 is 15.5 Å². The minimum atomic E-state index is -0.274. The number of carbonyl (C=O) groups is 3. The summed E-state index contributed by atoms with van der Waals surface area (Å²) >= 11 is 0. The molecule has 1 aliphatic carbocycles. The number of hydrogen-bond acceptors (Lipinski definition) is 3. The number of likely N-dealkylation sites (tertiary alicyclic amines) is 1. The third-order valence-corrected chi connectivity index (χ3v) is 5.56. The van der Waals surface area contributed by atoms with E-state index in [9.17, 15) is 14.4 Å². The molecule has 1 saturated heterocycles. The molecule has 4 rings (SSSR count). The van der Waals surface area contributed by atoms with E-state index in [4.69, 9.17) is 0 Å². The number of rotatable bonds is 3. The Labute approximate surface area is 147 Å². The van der Waals surface area contributed by atoms with Crippen molar-refractivity contribution in [1.29, 1.82) is 0 Å². The van der Waals surface area contributed by atoms with Crippen molar-refractivity contribution in [3.05, 3.63) is 23.8 Å². The summed E-state index contributed by atoms with van der Waals surface area (Å²) in [7, 11) is 0. The van der Waals surface area contributed by atoms with Crippen LogP contribution in [0.3, 0.4) is 0 Å².